The number of nitrogens with zero attached hydrogens (tertiary/aromatic N) is 4. The highest BCUT2D eigenvalue weighted by molar-refractivity contribution is 5.74. The molecule has 1 saturated heterocycles. The van der Waals surface area contributed by atoms with Crippen LogP contribution in [-0.2, 0) is 0 Å². The predicted molar refractivity (Wildman–Crippen MR) is 115 cm³/mol. The molecule has 2 amide bonds. The zero-order chi connectivity index (χ0) is 20.8. The van der Waals surface area contributed by atoms with E-state index in [1.807, 2.05) is 49.1 Å². The molecule has 0 spiro atoms. The van der Waals surface area contributed by atoms with Crippen LogP contribution in [0.1, 0.15) is 36.8 Å². The van der Waals surface area contributed by atoms with E-state index in [1.54, 1.807) is 0 Å². The predicted octanol–water partition coefficient (Wildman–Crippen LogP) is 3.13. The number of nitrogens with one attached hydrogen (secondary N) is 1. The largest absolute Gasteiger partial charge is 0.492 e. The van der Waals surface area contributed by atoms with Crippen LogP contribution < -0.4 is 15.0 Å². The minimum absolute atomic E-state index is 0.0424. The minimum Gasteiger partial charge on any atom is -0.492 e. The summed E-state index contributed by atoms with van der Waals surface area (Å²) < 4.78 is 5.69. The van der Waals surface area contributed by atoms with E-state index in [0.29, 0.717) is 32.2 Å². The highest BCUT2D eigenvalue weighted by Crippen LogP contribution is 2.18. The first kappa shape index (κ1) is 20.9. The molecule has 1 N–H and O–H groups in total. The van der Waals surface area contributed by atoms with Crippen LogP contribution in [0.2, 0.25) is 0 Å². The fourth-order valence-electron chi connectivity index (χ4n) is 3.28. The minimum atomic E-state index is -0.0424. The molecule has 2 heterocycles. The number of anilines is 1. The Labute approximate surface area is 173 Å². The van der Waals surface area contributed by atoms with Gasteiger partial charge in [-0.05, 0) is 31.5 Å². The van der Waals surface area contributed by atoms with E-state index in [2.05, 4.69) is 29.0 Å². The number of amides is 2. The normalized spacial score (nSPS) is 14.2. The van der Waals surface area contributed by atoms with Gasteiger partial charge < -0.3 is 19.9 Å². The van der Waals surface area contributed by atoms with Gasteiger partial charge in [-0.15, -0.1) is 0 Å². The standard InChI is InChI=1S/C22H31N5O2/c1-16(2)21-24-18(4)15-20(25-21)26-9-11-27(12-10-26)22(28)23-8-13-29-19-7-5-6-17(3)14-19/h5-7,14-16H,8-13H2,1-4H3,(H,23,28). The number of urea groups is 1. The molecule has 0 saturated carbocycles. The number of piperazine rings is 1. The van der Waals surface area contributed by atoms with Gasteiger partial charge in [0.1, 0.15) is 24.0 Å². The number of aryl methyl sites for hydroxylation is 2. The van der Waals surface area contributed by atoms with E-state index in [1.165, 1.54) is 0 Å². The Morgan fingerprint density at radius 2 is 1.90 bits per heavy atom. The average molecular weight is 398 g/mol. The highest BCUT2D eigenvalue weighted by atomic mass is 16.5. The van der Waals surface area contributed by atoms with Crippen LogP contribution in [0.3, 0.4) is 0 Å². The quantitative estimate of drug-likeness (QED) is 0.759. The van der Waals surface area contributed by atoms with Crippen molar-refractivity contribution < 1.29 is 9.53 Å². The van der Waals surface area contributed by atoms with Gasteiger partial charge in [-0.3, -0.25) is 0 Å². The van der Waals surface area contributed by atoms with Crippen molar-refractivity contribution in [1.82, 2.24) is 20.2 Å². The number of ether oxygens (including phenoxy) is 1. The highest BCUT2D eigenvalue weighted by Gasteiger charge is 2.22. The van der Waals surface area contributed by atoms with Gasteiger partial charge in [0.05, 0.1) is 6.54 Å². The summed E-state index contributed by atoms with van der Waals surface area (Å²) in [5.41, 5.74) is 2.14. The number of carbonyl (C=O) groups is 1. The van der Waals surface area contributed by atoms with Gasteiger partial charge in [0.25, 0.3) is 0 Å². The lowest BCUT2D eigenvalue weighted by Crippen LogP contribution is -2.52. The Morgan fingerprint density at radius 1 is 1.14 bits per heavy atom. The van der Waals surface area contributed by atoms with Crippen molar-refractivity contribution in [3.05, 3.63) is 47.4 Å². The van der Waals surface area contributed by atoms with E-state index < -0.39 is 0 Å². The summed E-state index contributed by atoms with van der Waals surface area (Å²) in [6.07, 6.45) is 0. The molecule has 1 aliphatic heterocycles. The van der Waals surface area contributed by atoms with Gasteiger partial charge in [-0.2, -0.15) is 0 Å². The molecule has 29 heavy (non-hydrogen) atoms. The second-order valence-electron chi connectivity index (χ2n) is 7.75. The molecule has 2 aromatic rings. The molecule has 0 bridgehead atoms. The third-order valence-corrected chi connectivity index (χ3v) is 4.90. The number of carbonyl (C=O) groups excluding carboxylic acids is 1. The summed E-state index contributed by atoms with van der Waals surface area (Å²) in [5, 5.41) is 2.94. The lowest BCUT2D eigenvalue weighted by atomic mass is 10.2. The average Bonchev–Trinajstić information content (AvgIpc) is 2.71. The maximum Gasteiger partial charge on any atom is 0.317 e. The Bertz CT molecular complexity index is 832. The second kappa shape index (κ2) is 9.58. The lowest BCUT2D eigenvalue weighted by molar-refractivity contribution is 0.191. The molecule has 0 aliphatic carbocycles. The zero-order valence-electron chi connectivity index (χ0n) is 17.8. The summed E-state index contributed by atoms with van der Waals surface area (Å²) in [6.45, 7) is 12.0. The number of aromatic nitrogens is 2. The first-order valence-electron chi connectivity index (χ1n) is 10.2. The first-order valence-corrected chi connectivity index (χ1v) is 10.2. The third kappa shape index (κ3) is 5.82. The van der Waals surface area contributed by atoms with Crippen LogP contribution >= 0.6 is 0 Å². The van der Waals surface area contributed by atoms with Crippen molar-refractivity contribution in [1.29, 1.82) is 0 Å². The SMILES string of the molecule is Cc1cccc(OCCNC(=O)N2CCN(c3cc(C)nc(C(C)C)n3)CC2)c1. The van der Waals surface area contributed by atoms with E-state index in [0.717, 1.165) is 41.7 Å². The Morgan fingerprint density at radius 3 is 2.59 bits per heavy atom. The molecule has 1 aromatic carbocycles. The molecule has 7 nitrogen and oxygen atoms in total. The zero-order valence-corrected chi connectivity index (χ0v) is 17.8. The van der Waals surface area contributed by atoms with Gasteiger partial charge in [0.2, 0.25) is 0 Å². The van der Waals surface area contributed by atoms with Crippen molar-refractivity contribution in [2.75, 3.05) is 44.2 Å². The molecular weight excluding hydrogens is 366 g/mol. The second-order valence-corrected chi connectivity index (χ2v) is 7.75. The van der Waals surface area contributed by atoms with Crippen molar-refractivity contribution in [2.24, 2.45) is 0 Å². The van der Waals surface area contributed by atoms with Crippen molar-refractivity contribution in [3.63, 3.8) is 0 Å². The van der Waals surface area contributed by atoms with E-state index in [4.69, 9.17) is 9.72 Å². The van der Waals surface area contributed by atoms with E-state index in [-0.39, 0.29) is 6.03 Å². The molecule has 1 aromatic heterocycles. The molecule has 7 heteroatoms. The van der Waals surface area contributed by atoms with Crippen LogP contribution in [0.5, 0.6) is 5.75 Å². The summed E-state index contributed by atoms with van der Waals surface area (Å²) in [5.74, 6) is 2.94. The summed E-state index contributed by atoms with van der Waals surface area (Å²) in [4.78, 5) is 25.7. The molecular formula is C22H31N5O2. The number of hydrogen-bond donors (Lipinski definition) is 1. The number of benzene rings is 1. The fraction of sp³-hybridized carbons (Fsp3) is 0.500. The van der Waals surface area contributed by atoms with Crippen molar-refractivity contribution >= 4 is 11.8 Å². The maximum absolute atomic E-state index is 12.4. The molecule has 1 aliphatic rings. The topological polar surface area (TPSA) is 70.6 Å². The van der Waals surface area contributed by atoms with E-state index in [9.17, 15) is 4.79 Å². The molecule has 0 atom stereocenters. The number of rotatable bonds is 6. The van der Waals surface area contributed by atoms with Crippen LogP contribution in [-0.4, -0.2) is 60.2 Å². The Kier molecular flexibility index (Phi) is 6.90. The van der Waals surface area contributed by atoms with Crippen LogP contribution in [0.15, 0.2) is 30.3 Å². The van der Waals surface area contributed by atoms with Gasteiger partial charge in [-0.25, -0.2) is 14.8 Å². The fourth-order valence-corrected chi connectivity index (χ4v) is 3.28. The third-order valence-electron chi connectivity index (χ3n) is 4.90. The number of hydrogen-bond acceptors (Lipinski definition) is 5. The molecule has 0 unspecified atom stereocenters. The summed E-state index contributed by atoms with van der Waals surface area (Å²) in [6, 6.07) is 9.88. The van der Waals surface area contributed by atoms with Gasteiger partial charge >= 0.3 is 6.03 Å². The van der Waals surface area contributed by atoms with E-state index >= 15 is 0 Å². The van der Waals surface area contributed by atoms with Crippen LogP contribution in [0.4, 0.5) is 10.6 Å². The summed E-state index contributed by atoms with van der Waals surface area (Å²) in [7, 11) is 0. The molecule has 156 valence electrons. The van der Waals surface area contributed by atoms with Crippen molar-refractivity contribution in [2.45, 2.75) is 33.6 Å². The Balaban J connectivity index is 1.43. The Hall–Kier alpha value is -2.83. The monoisotopic (exact) mass is 397 g/mol. The summed E-state index contributed by atoms with van der Waals surface area (Å²) >= 11 is 0. The lowest BCUT2D eigenvalue weighted by Gasteiger charge is -2.35. The smallest absolute Gasteiger partial charge is 0.317 e. The van der Waals surface area contributed by atoms with Crippen LogP contribution in [0, 0.1) is 13.8 Å². The van der Waals surface area contributed by atoms with Crippen molar-refractivity contribution in [3.8, 4) is 5.75 Å². The van der Waals surface area contributed by atoms with Gasteiger partial charge in [0, 0.05) is 43.9 Å². The first-order chi connectivity index (χ1) is 13.9. The molecule has 0 radical (unpaired) electrons. The van der Waals surface area contributed by atoms with Gasteiger partial charge in [-0.1, -0.05) is 26.0 Å². The van der Waals surface area contributed by atoms with Gasteiger partial charge in [0.15, 0.2) is 0 Å². The molecule has 3 rings (SSSR count). The molecule has 1 fully saturated rings. The maximum atomic E-state index is 12.4. The van der Waals surface area contributed by atoms with Crippen LogP contribution in [0.25, 0.3) is 0 Å².